The highest BCUT2D eigenvalue weighted by atomic mass is 79.9. The van der Waals surface area contributed by atoms with Crippen LogP contribution in [0, 0.1) is 0 Å². The van der Waals surface area contributed by atoms with Crippen molar-refractivity contribution in [2.45, 2.75) is 25.2 Å². The van der Waals surface area contributed by atoms with Gasteiger partial charge in [-0.1, -0.05) is 0 Å². The lowest BCUT2D eigenvalue weighted by Gasteiger charge is -2.21. The zero-order valence-corrected chi connectivity index (χ0v) is 12.0. The van der Waals surface area contributed by atoms with E-state index < -0.39 is 30.5 Å². The fraction of sp³-hybridized carbons (Fsp3) is 0.600. The average molecular weight is 360 g/mol. The van der Waals surface area contributed by atoms with Crippen molar-refractivity contribution >= 4 is 21.6 Å². The number of aliphatic hydroxyl groups is 2. The molecule has 0 aliphatic heterocycles. The topological polar surface area (TPSA) is 87.4 Å². The van der Waals surface area contributed by atoms with Gasteiger partial charge in [-0.15, -0.1) is 0 Å². The molecular formula is C10H13BrF3N3O3. The van der Waals surface area contributed by atoms with E-state index in [1.807, 2.05) is 0 Å². The number of aliphatic hydroxyl groups excluding tert-OH is 1. The minimum absolute atomic E-state index is 0.105. The van der Waals surface area contributed by atoms with Gasteiger partial charge in [0, 0.05) is 6.54 Å². The molecular weight excluding hydrogens is 347 g/mol. The van der Waals surface area contributed by atoms with Crippen LogP contribution in [0.1, 0.15) is 6.92 Å². The maximum Gasteiger partial charge on any atom is 0.408 e. The summed E-state index contributed by atoms with van der Waals surface area (Å²) in [5.41, 5.74) is -2.25. The summed E-state index contributed by atoms with van der Waals surface area (Å²) in [4.78, 5) is 11.7. The number of halogens is 4. The molecule has 0 aliphatic carbocycles. The van der Waals surface area contributed by atoms with Gasteiger partial charge in [0.2, 0.25) is 0 Å². The number of aromatic nitrogens is 2. The lowest BCUT2D eigenvalue weighted by molar-refractivity contribution is -0.143. The van der Waals surface area contributed by atoms with E-state index in [0.717, 1.165) is 6.20 Å². The van der Waals surface area contributed by atoms with Crippen molar-refractivity contribution in [1.82, 2.24) is 9.78 Å². The van der Waals surface area contributed by atoms with Crippen LogP contribution in [0.2, 0.25) is 0 Å². The standard InChI is InChI=1S/C10H13BrF3N3O3/c1-9(20,5-18)3-15-6-2-16-17(4-10(12,13)14)8(19)7(6)11/h2,15,18,20H,3-5H2,1H3. The Labute approximate surface area is 120 Å². The third-order valence-corrected chi connectivity index (χ3v) is 3.08. The number of nitrogens with one attached hydrogen (secondary N) is 1. The van der Waals surface area contributed by atoms with E-state index >= 15 is 0 Å². The zero-order valence-electron chi connectivity index (χ0n) is 10.4. The lowest BCUT2D eigenvalue weighted by atomic mass is 10.1. The third kappa shape index (κ3) is 4.76. The van der Waals surface area contributed by atoms with Crippen LogP contribution >= 0.6 is 15.9 Å². The molecule has 0 fully saturated rings. The summed E-state index contributed by atoms with van der Waals surface area (Å²) in [6, 6.07) is 0. The first-order valence-corrected chi connectivity index (χ1v) is 6.24. The number of hydrogen-bond acceptors (Lipinski definition) is 5. The summed E-state index contributed by atoms with van der Waals surface area (Å²) >= 11 is 2.88. The van der Waals surface area contributed by atoms with E-state index in [1.165, 1.54) is 6.92 Å². The van der Waals surface area contributed by atoms with Crippen LogP contribution in [0.25, 0.3) is 0 Å². The highest BCUT2D eigenvalue weighted by Gasteiger charge is 2.29. The summed E-state index contributed by atoms with van der Waals surface area (Å²) < 4.78 is 36.8. The van der Waals surface area contributed by atoms with E-state index in [4.69, 9.17) is 5.11 Å². The Morgan fingerprint density at radius 2 is 2.10 bits per heavy atom. The largest absolute Gasteiger partial charge is 0.408 e. The molecule has 0 amide bonds. The lowest BCUT2D eigenvalue weighted by Crippen LogP contribution is -2.38. The summed E-state index contributed by atoms with van der Waals surface area (Å²) in [6.45, 7) is -0.756. The summed E-state index contributed by atoms with van der Waals surface area (Å²) in [5.74, 6) is 0. The number of nitrogens with zero attached hydrogens (tertiary/aromatic N) is 2. The molecule has 0 spiro atoms. The molecule has 0 saturated heterocycles. The van der Waals surface area contributed by atoms with E-state index in [-0.39, 0.29) is 21.4 Å². The Morgan fingerprint density at radius 3 is 2.60 bits per heavy atom. The van der Waals surface area contributed by atoms with Crippen molar-refractivity contribution in [1.29, 1.82) is 0 Å². The summed E-state index contributed by atoms with van der Waals surface area (Å²) in [6.07, 6.45) is -3.52. The molecule has 0 bridgehead atoms. The van der Waals surface area contributed by atoms with Crippen LogP contribution in [0.5, 0.6) is 0 Å². The van der Waals surface area contributed by atoms with Gasteiger partial charge in [0.05, 0.1) is 18.5 Å². The monoisotopic (exact) mass is 359 g/mol. The van der Waals surface area contributed by atoms with Gasteiger partial charge in [-0.2, -0.15) is 18.3 Å². The van der Waals surface area contributed by atoms with Crippen molar-refractivity contribution in [3.8, 4) is 0 Å². The molecule has 0 saturated carbocycles. The molecule has 0 aliphatic rings. The molecule has 6 nitrogen and oxygen atoms in total. The normalized spacial score (nSPS) is 14.9. The number of anilines is 1. The Kier molecular flexibility index (Phi) is 5.16. The van der Waals surface area contributed by atoms with Crippen LogP contribution in [-0.4, -0.2) is 44.9 Å². The van der Waals surface area contributed by atoms with Gasteiger partial charge in [-0.05, 0) is 22.9 Å². The van der Waals surface area contributed by atoms with E-state index in [2.05, 4.69) is 26.3 Å². The molecule has 1 heterocycles. The van der Waals surface area contributed by atoms with E-state index in [0.29, 0.717) is 0 Å². The fourth-order valence-corrected chi connectivity index (χ4v) is 1.66. The molecule has 3 N–H and O–H groups in total. The molecule has 0 radical (unpaired) electrons. The number of hydrogen-bond donors (Lipinski definition) is 3. The van der Waals surface area contributed by atoms with Crippen molar-refractivity contribution in [2.75, 3.05) is 18.5 Å². The minimum Gasteiger partial charge on any atom is -0.393 e. The summed E-state index contributed by atoms with van der Waals surface area (Å²) in [7, 11) is 0. The Balaban J connectivity index is 2.93. The van der Waals surface area contributed by atoms with Crippen LogP contribution in [-0.2, 0) is 6.54 Å². The van der Waals surface area contributed by atoms with Gasteiger partial charge in [-0.25, -0.2) is 4.68 Å². The van der Waals surface area contributed by atoms with Crippen molar-refractivity contribution in [2.24, 2.45) is 0 Å². The molecule has 20 heavy (non-hydrogen) atoms. The van der Waals surface area contributed by atoms with Gasteiger partial charge in [0.1, 0.15) is 16.6 Å². The Morgan fingerprint density at radius 1 is 1.50 bits per heavy atom. The quantitative estimate of drug-likeness (QED) is 0.721. The van der Waals surface area contributed by atoms with Gasteiger partial charge >= 0.3 is 6.18 Å². The molecule has 1 unspecified atom stereocenters. The first kappa shape index (κ1) is 16.9. The summed E-state index contributed by atoms with van der Waals surface area (Å²) in [5, 5.41) is 24.5. The molecule has 1 aromatic rings. The molecule has 1 rings (SSSR count). The second-order valence-electron chi connectivity index (χ2n) is 4.46. The smallest absolute Gasteiger partial charge is 0.393 e. The minimum atomic E-state index is -4.55. The molecule has 1 aromatic heterocycles. The second-order valence-corrected chi connectivity index (χ2v) is 5.25. The zero-order chi connectivity index (χ0) is 15.6. The predicted octanol–water partition coefficient (Wildman–Crippen LogP) is 0.723. The number of alkyl halides is 3. The first-order chi connectivity index (χ1) is 9.06. The van der Waals surface area contributed by atoms with Gasteiger partial charge in [0.15, 0.2) is 0 Å². The first-order valence-electron chi connectivity index (χ1n) is 5.45. The SMILES string of the molecule is CC(O)(CO)CNc1cnn(CC(F)(F)F)c(=O)c1Br. The fourth-order valence-electron chi connectivity index (χ4n) is 1.21. The third-order valence-electron chi connectivity index (χ3n) is 2.31. The van der Waals surface area contributed by atoms with Gasteiger partial charge in [-0.3, -0.25) is 4.79 Å². The van der Waals surface area contributed by atoms with Gasteiger partial charge < -0.3 is 15.5 Å². The number of rotatable bonds is 5. The van der Waals surface area contributed by atoms with Crippen molar-refractivity contribution in [3.63, 3.8) is 0 Å². The van der Waals surface area contributed by atoms with Crippen LogP contribution in [0.3, 0.4) is 0 Å². The highest BCUT2D eigenvalue weighted by Crippen LogP contribution is 2.20. The van der Waals surface area contributed by atoms with Crippen LogP contribution in [0.15, 0.2) is 15.5 Å². The Hall–Kier alpha value is -1.13. The maximum absolute atomic E-state index is 12.2. The molecule has 1 atom stereocenters. The van der Waals surface area contributed by atoms with Crippen LogP contribution in [0.4, 0.5) is 18.9 Å². The van der Waals surface area contributed by atoms with Crippen molar-refractivity contribution in [3.05, 3.63) is 21.0 Å². The van der Waals surface area contributed by atoms with Crippen molar-refractivity contribution < 1.29 is 23.4 Å². The predicted molar refractivity (Wildman–Crippen MR) is 68.5 cm³/mol. The molecule has 114 valence electrons. The van der Waals surface area contributed by atoms with Gasteiger partial charge in [0.25, 0.3) is 5.56 Å². The second kappa shape index (κ2) is 6.10. The Bertz CT molecular complexity index is 531. The van der Waals surface area contributed by atoms with Crippen LogP contribution < -0.4 is 10.9 Å². The molecule has 10 heteroatoms. The molecule has 0 aromatic carbocycles. The average Bonchev–Trinajstić information content (AvgIpc) is 2.33. The maximum atomic E-state index is 12.2. The highest BCUT2D eigenvalue weighted by molar-refractivity contribution is 9.10. The van der Waals surface area contributed by atoms with E-state index in [1.54, 1.807) is 0 Å². The van der Waals surface area contributed by atoms with E-state index in [9.17, 15) is 23.1 Å².